The Morgan fingerprint density at radius 1 is 0.288 bits per heavy atom. The third-order valence-electron chi connectivity index (χ3n) is 11.7. The molecule has 0 atom stereocenters. The molecule has 2 aromatic heterocycles. The van der Waals surface area contributed by atoms with Crippen LogP contribution in [0.3, 0.4) is 0 Å². The van der Waals surface area contributed by atoms with E-state index in [1.165, 1.54) is 60.8 Å². The predicted molar refractivity (Wildman–Crippen MR) is 240 cm³/mol. The largest absolute Gasteiger partial charge is 0.265 e. The summed E-state index contributed by atoms with van der Waals surface area (Å²) >= 11 is 0. The van der Waals surface area contributed by atoms with Crippen LogP contribution in [0, 0.1) is 0 Å². The lowest BCUT2D eigenvalue weighted by Gasteiger charge is -2.34. The normalized spacial score (nSPS) is 12.5. The average Bonchev–Trinajstić information content (AvgIpc) is 3.62. The van der Waals surface area contributed by atoms with E-state index < -0.39 is 5.41 Å². The molecule has 0 aliphatic heterocycles. The summed E-state index contributed by atoms with van der Waals surface area (Å²) in [6.07, 6.45) is 3.72. The lowest BCUT2D eigenvalue weighted by Crippen LogP contribution is -2.28. The Hall–Kier alpha value is -7.82. The fourth-order valence-corrected chi connectivity index (χ4v) is 9.07. The van der Waals surface area contributed by atoms with Gasteiger partial charge >= 0.3 is 0 Å². The molecule has 0 N–H and O–H groups in total. The highest BCUT2D eigenvalue weighted by Gasteiger charge is 2.46. The maximum atomic E-state index is 5.15. The summed E-state index contributed by atoms with van der Waals surface area (Å²) in [5.41, 5.74) is 14.1. The molecule has 0 spiro atoms. The summed E-state index contributed by atoms with van der Waals surface area (Å²) in [6, 6.07) is 73.5. The number of pyridine rings is 1. The van der Waals surface area contributed by atoms with Crippen molar-refractivity contribution in [3.63, 3.8) is 0 Å². The van der Waals surface area contributed by atoms with E-state index in [4.69, 9.17) is 15.0 Å². The van der Waals surface area contributed by atoms with Crippen LogP contribution in [-0.4, -0.2) is 19.9 Å². The Labute approximate surface area is 343 Å². The molecule has 0 saturated heterocycles. The molecule has 276 valence electrons. The van der Waals surface area contributed by atoms with Crippen LogP contribution in [0.15, 0.2) is 219 Å². The van der Waals surface area contributed by atoms with E-state index in [2.05, 4.69) is 175 Å². The summed E-state index contributed by atoms with van der Waals surface area (Å²) in [5, 5.41) is 2.42. The van der Waals surface area contributed by atoms with Gasteiger partial charge in [-0.2, -0.15) is 0 Å². The Morgan fingerprint density at radius 2 is 0.678 bits per heavy atom. The minimum Gasteiger partial charge on any atom is -0.265 e. The van der Waals surface area contributed by atoms with E-state index in [1.54, 1.807) is 0 Å². The van der Waals surface area contributed by atoms with Crippen LogP contribution in [0.25, 0.3) is 78.3 Å². The van der Waals surface area contributed by atoms with E-state index in [-0.39, 0.29) is 0 Å². The smallest absolute Gasteiger partial charge is 0.164 e. The van der Waals surface area contributed by atoms with Crippen LogP contribution >= 0.6 is 0 Å². The van der Waals surface area contributed by atoms with Gasteiger partial charge in [0.1, 0.15) is 0 Å². The van der Waals surface area contributed by atoms with E-state index in [0.29, 0.717) is 17.5 Å². The Bertz CT molecular complexity index is 3030. The van der Waals surface area contributed by atoms with Gasteiger partial charge < -0.3 is 0 Å². The number of rotatable bonds is 7. The topological polar surface area (TPSA) is 51.6 Å². The fourth-order valence-electron chi connectivity index (χ4n) is 9.07. The summed E-state index contributed by atoms with van der Waals surface area (Å²) in [5.74, 6) is 1.91. The minimum absolute atomic E-state index is 0.632. The van der Waals surface area contributed by atoms with E-state index >= 15 is 0 Å². The SMILES string of the molecule is c1ccc(-c2nc(-c3ccccc3)nc(-c3ccc4c(c3)C(c3ccccc3)(c3ccccc3)c3cc(-c5ccc(-c6ccncc6)c6ccccc56)ccc3-4)n2)cc1. The van der Waals surface area contributed by atoms with Crippen molar-refractivity contribution in [2.75, 3.05) is 0 Å². The molecule has 2 heterocycles. The molecule has 1 aliphatic carbocycles. The Morgan fingerprint density at radius 3 is 1.19 bits per heavy atom. The molecule has 0 amide bonds. The van der Waals surface area contributed by atoms with Gasteiger partial charge in [-0.15, -0.1) is 0 Å². The fraction of sp³-hybridized carbons (Fsp3) is 0.0182. The van der Waals surface area contributed by atoms with Gasteiger partial charge in [-0.05, 0) is 90.7 Å². The molecule has 0 unspecified atom stereocenters. The van der Waals surface area contributed by atoms with Crippen LogP contribution in [-0.2, 0) is 5.41 Å². The summed E-state index contributed by atoms with van der Waals surface area (Å²) in [6.45, 7) is 0. The molecule has 0 bridgehead atoms. The second-order valence-electron chi connectivity index (χ2n) is 15.0. The monoisotopic (exact) mass is 752 g/mol. The highest BCUT2D eigenvalue weighted by Crippen LogP contribution is 2.57. The molecule has 0 saturated carbocycles. The highest BCUT2D eigenvalue weighted by molar-refractivity contribution is 6.05. The number of fused-ring (bicyclic) bond motifs is 4. The lowest BCUT2D eigenvalue weighted by molar-refractivity contribution is 0.769. The van der Waals surface area contributed by atoms with E-state index in [1.807, 2.05) is 48.8 Å². The second-order valence-corrected chi connectivity index (χ2v) is 15.0. The van der Waals surface area contributed by atoms with Crippen LogP contribution in [0.4, 0.5) is 0 Å². The van der Waals surface area contributed by atoms with Crippen LogP contribution in [0.1, 0.15) is 22.3 Å². The van der Waals surface area contributed by atoms with Crippen LogP contribution in [0.2, 0.25) is 0 Å². The van der Waals surface area contributed by atoms with Gasteiger partial charge in [-0.25, -0.2) is 15.0 Å². The molecule has 4 heteroatoms. The first-order valence-corrected chi connectivity index (χ1v) is 20.0. The van der Waals surface area contributed by atoms with Gasteiger partial charge in [0.2, 0.25) is 0 Å². The van der Waals surface area contributed by atoms with Gasteiger partial charge in [-0.1, -0.05) is 182 Å². The first-order chi connectivity index (χ1) is 29.3. The summed E-state index contributed by atoms with van der Waals surface area (Å²) in [4.78, 5) is 19.6. The van der Waals surface area contributed by atoms with Crippen molar-refractivity contribution >= 4 is 10.8 Å². The quantitative estimate of drug-likeness (QED) is 0.163. The van der Waals surface area contributed by atoms with Gasteiger partial charge in [0.15, 0.2) is 17.5 Å². The molecule has 8 aromatic carbocycles. The summed E-state index contributed by atoms with van der Waals surface area (Å²) < 4.78 is 0. The average molecular weight is 753 g/mol. The molecular formula is C55H36N4. The zero-order valence-electron chi connectivity index (χ0n) is 32.1. The number of hydrogen-bond donors (Lipinski definition) is 0. The molecule has 59 heavy (non-hydrogen) atoms. The molecule has 0 radical (unpaired) electrons. The Kier molecular flexibility index (Phi) is 8.34. The number of nitrogens with zero attached hydrogens (tertiary/aromatic N) is 4. The maximum Gasteiger partial charge on any atom is 0.164 e. The standard InChI is InChI=1S/C55H36N4/c1-5-15-38(16-6-1)52-57-53(39-17-7-2-8-18-39)59-54(58-52)41-26-28-49-48-27-25-40(45-30-29-44(37-31-33-56-34-32-37)46-23-13-14-24-47(45)46)35-50(48)55(51(49)36-41,42-19-9-3-10-20-42)43-21-11-4-12-22-43/h1-36H. The zero-order valence-corrected chi connectivity index (χ0v) is 32.1. The lowest BCUT2D eigenvalue weighted by atomic mass is 9.67. The third-order valence-corrected chi connectivity index (χ3v) is 11.7. The summed E-state index contributed by atoms with van der Waals surface area (Å²) in [7, 11) is 0. The number of hydrogen-bond acceptors (Lipinski definition) is 4. The van der Waals surface area contributed by atoms with Gasteiger partial charge in [-0.3, -0.25) is 4.98 Å². The van der Waals surface area contributed by atoms with E-state index in [9.17, 15) is 0 Å². The molecule has 11 rings (SSSR count). The number of benzene rings is 8. The second kappa shape index (κ2) is 14.3. The third kappa shape index (κ3) is 5.76. The molecule has 0 fully saturated rings. The zero-order chi connectivity index (χ0) is 39.2. The molecular weight excluding hydrogens is 717 g/mol. The van der Waals surface area contributed by atoms with Gasteiger partial charge in [0, 0.05) is 29.1 Å². The van der Waals surface area contributed by atoms with Gasteiger partial charge in [0.05, 0.1) is 5.41 Å². The predicted octanol–water partition coefficient (Wildman–Crippen LogP) is 13.1. The van der Waals surface area contributed by atoms with Crippen molar-refractivity contribution in [2.24, 2.45) is 0 Å². The first kappa shape index (κ1) is 34.4. The van der Waals surface area contributed by atoms with Crippen molar-refractivity contribution in [1.82, 2.24) is 19.9 Å². The van der Waals surface area contributed by atoms with Crippen molar-refractivity contribution < 1.29 is 0 Å². The molecule has 1 aliphatic rings. The van der Waals surface area contributed by atoms with Crippen LogP contribution in [0.5, 0.6) is 0 Å². The van der Waals surface area contributed by atoms with E-state index in [0.717, 1.165) is 22.3 Å². The minimum atomic E-state index is -0.635. The Balaban J connectivity index is 1.15. The van der Waals surface area contributed by atoms with Gasteiger partial charge in [0.25, 0.3) is 0 Å². The van der Waals surface area contributed by atoms with Crippen molar-refractivity contribution in [3.05, 3.63) is 241 Å². The van der Waals surface area contributed by atoms with Crippen molar-refractivity contribution in [1.29, 1.82) is 0 Å². The van der Waals surface area contributed by atoms with Crippen LogP contribution < -0.4 is 0 Å². The first-order valence-electron chi connectivity index (χ1n) is 20.0. The highest BCUT2D eigenvalue weighted by atomic mass is 15.0. The molecule has 4 nitrogen and oxygen atoms in total. The van der Waals surface area contributed by atoms with Crippen molar-refractivity contribution in [3.8, 4) is 67.5 Å². The van der Waals surface area contributed by atoms with Crippen molar-refractivity contribution in [2.45, 2.75) is 5.41 Å². The maximum absolute atomic E-state index is 5.15. The molecule has 10 aromatic rings. The number of aromatic nitrogens is 4.